The van der Waals surface area contributed by atoms with Crippen molar-refractivity contribution in [1.29, 1.82) is 0 Å². The van der Waals surface area contributed by atoms with Gasteiger partial charge >= 0.3 is 0 Å². The van der Waals surface area contributed by atoms with Gasteiger partial charge in [-0.3, -0.25) is 4.79 Å². The largest absolute Gasteiger partial charge is 0.325 e. The zero-order chi connectivity index (χ0) is 15.2. The smallest absolute Gasteiger partial charge is 0.234 e. The lowest BCUT2D eigenvalue weighted by Crippen LogP contribution is -2.15. The predicted molar refractivity (Wildman–Crippen MR) is 79.3 cm³/mol. The van der Waals surface area contributed by atoms with Crippen molar-refractivity contribution in [2.24, 2.45) is 5.73 Å². The molecule has 1 aromatic heterocycles. The summed E-state index contributed by atoms with van der Waals surface area (Å²) in [4.78, 5) is 11.8. The van der Waals surface area contributed by atoms with Crippen molar-refractivity contribution >= 4 is 23.4 Å². The van der Waals surface area contributed by atoms with E-state index in [-0.39, 0.29) is 11.7 Å². The average molecular weight is 309 g/mol. The molecule has 0 spiro atoms. The number of amides is 1. The molecule has 0 aliphatic carbocycles. The molecule has 112 valence electrons. The van der Waals surface area contributed by atoms with Crippen molar-refractivity contribution in [1.82, 2.24) is 14.8 Å². The van der Waals surface area contributed by atoms with Crippen LogP contribution in [0, 0.1) is 5.82 Å². The van der Waals surface area contributed by atoms with Gasteiger partial charge in [0, 0.05) is 12.2 Å². The van der Waals surface area contributed by atoms with E-state index in [1.54, 1.807) is 12.1 Å². The molecule has 0 saturated heterocycles. The van der Waals surface area contributed by atoms with Gasteiger partial charge in [0.2, 0.25) is 5.91 Å². The van der Waals surface area contributed by atoms with Crippen LogP contribution in [0.15, 0.2) is 29.4 Å². The van der Waals surface area contributed by atoms with Gasteiger partial charge in [0.25, 0.3) is 0 Å². The first-order valence-corrected chi connectivity index (χ1v) is 7.43. The van der Waals surface area contributed by atoms with E-state index >= 15 is 0 Å². The normalized spacial score (nSPS) is 10.6. The van der Waals surface area contributed by atoms with Gasteiger partial charge in [-0.1, -0.05) is 17.8 Å². The van der Waals surface area contributed by atoms with Gasteiger partial charge in [-0.25, -0.2) is 4.39 Å². The number of hydrogen-bond donors (Lipinski definition) is 2. The van der Waals surface area contributed by atoms with Crippen LogP contribution in [0.3, 0.4) is 0 Å². The number of nitrogens with two attached hydrogens (primary N) is 1. The van der Waals surface area contributed by atoms with Crippen molar-refractivity contribution in [2.75, 3.05) is 11.1 Å². The Morgan fingerprint density at radius 1 is 1.48 bits per heavy atom. The van der Waals surface area contributed by atoms with Gasteiger partial charge in [-0.15, -0.1) is 10.2 Å². The van der Waals surface area contributed by atoms with Crippen LogP contribution in [0.25, 0.3) is 0 Å². The molecule has 0 unspecified atom stereocenters. The van der Waals surface area contributed by atoms with Crippen LogP contribution in [0.1, 0.15) is 12.7 Å². The van der Waals surface area contributed by atoms with Crippen LogP contribution < -0.4 is 11.1 Å². The second kappa shape index (κ2) is 7.19. The number of nitrogens with zero attached hydrogens (tertiary/aromatic N) is 3. The number of thioether (sulfide) groups is 1. The van der Waals surface area contributed by atoms with Crippen LogP contribution >= 0.6 is 11.8 Å². The van der Waals surface area contributed by atoms with E-state index in [1.165, 1.54) is 23.9 Å². The molecular formula is C13H16FN5OS. The number of halogens is 1. The zero-order valence-electron chi connectivity index (χ0n) is 11.5. The Hall–Kier alpha value is -1.93. The fourth-order valence-electron chi connectivity index (χ4n) is 1.79. The maximum atomic E-state index is 13.0. The number of nitrogens with one attached hydrogen (secondary N) is 1. The summed E-state index contributed by atoms with van der Waals surface area (Å²) in [5.74, 6) is 0.231. The highest BCUT2D eigenvalue weighted by molar-refractivity contribution is 7.99. The quantitative estimate of drug-likeness (QED) is 0.792. The summed E-state index contributed by atoms with van der Waals surface area (Å²) >= 11 is 1.27. The number of carbonyl (C=O) groups is 1. The molecule has 0 atom stereocenters. The van der Waals surface area contributed by atoms with Crippen LogP contribution in [0.5, 0.6) is 0 Å². The highest BCUT2D eigenvalue weighted by Gasteiger charge is 2.12. The molecule has 0 bridgehead atoms. The molecule has 8 heteroatoms. The minimum absolute atomic E-state index is 0.166. The lowest BCUT2D eigenvalue weighted by Gasteiger charge is -2.07. The number of aromatic nitrogens is 3. The number of rotatable bonds is 6. The third-order valence-corrected chi connectivity index (χ3v) is 3.70. The van der Waals surface area contributed by atoms with Crippen molar-refractivity contribution in [3.63, 3.8) is 0 Å². The van der Waals surface area contributed by atoms with Crippen LogP contribution in [-0.4, -0.2) is 26.4 Å². The Balaban J connectivity index is 1.94. The maximum absolute atomic E-state index is 13.0. The summed E-state index contributed by atoms with van der Waals surface area (Å²) in [6, 6.07) is 5.76. The molecule has 2 aromatic rings. The third kappa shape index (κ3) is 4.02. The zero-order valence-corrected chi connectivity index (χ0v) is 12.4. The maximum Gasteiger partial charge on any atom is 0.234 e. The van der Waals surface area contributed by atoms with E-state index < -0.39 is 5.82 Å². The molecule has 0 fully saturated rings. The molecule has 1 aromatic carbocycles. The van der Waals surface area contributed by atoms with E-state index in [0.717, 1.165) is 0 Å². The molecule has 1 amide bonds. The SMILES string of the molecule is CCn1c(CN)nnc1SCC(=O)Nc1cccc(F)c1. The van der Waals surface area contributed by atoms with Gasteiger partial charge < -0.3 is 15.6 Å². The highest BCUT2D eigenvalue weighted by Crippen LogP contribution is 2.17. The number of carbonyl (C=O) groups excluding carboxylic acids is 1. The fraction of sp³-hybridized carbons (Fsp3) is 0.308. The minimum atomic E-state index is -0.390. The number of benzene rings is 1. The van der Waals surface area contributed by atoms with Gasteiger partial charge in [0.1, 0.15) is 11.6 Å². The average Bonchev–Trinajstić information content (AvgIpc) is 2.87. The van der Waals surface area contributed by atoms with E-state index in [9.17, 15) is 9.18 Å². The van der Waals surface area contributed by atoms with Gasteiger partial charge in [-0.2, -0.15) is 0 Å². The van der Waals surface area contributed by atoms with Crippen LogP contribution in [-0.2, 0) is 17.9 Å². The molecule has 0 radical (unpaired) electrons. The first-order chi connectivity index (χ1) is 10.1. The minimum Gasteiger partial charge on any atom is -0.325 e. The summed E-state index contributed by atoms with van der Waals surface area (Å²) in [5.41, 5.74) is 6.00. The lowest BCUT2D eigenvalue weighted by molar-refractivity contribution is -0.113. The topological polar surface area (TPSA) is 85.8 Å². The Morgan fingerprint density at radius 2 is 2.29 bits per heavy atom. The van der Waals surface area contributed by atoms with E-state index in [1.807, 2.05) is 11.5 Å². The molecule has 0 aliphatic heterocycles. The molecule has 0 aliphatic rings. The summed E-state index contributed by atoms with van der Waals surface area (Å²) in [6.45, 7) is 2.95. The standard InChI is InChI=1S/C13H16FN5OS/c1-2-19-11(7-15)17-18-13(19)21-8-12(20)16-10-5-3-4-9(14)6-10/h3-6H,2,7-8,15H2,1H3,(H,16,20). The van der Waals surface area contributed by atoms with Gasteiger partial charge in [0.15, 0.2) is 5.16 Å². The molecule has 21 heavy (non-hydrogen) atoms. The van der Waals surface area contributed by atoms with E-state index in [4.69, 9.17) is 5.73 Å². The lowest BCUT2D eigenvalue weighted by atomic mass is 10.3. The van der Waals surface area contributed by atoms with E-state index in [0.29, 0.717) is 29.8 Å². The van der Waals surface area contributed by atoms with Crippen LogP contribution in [0.4, 0.5) is 10.1 Å². The molecule has 2 rings (SSSR count). The fourth-order valence-corrected chi connectivity index (χ4v) is 2.61. The van der Waals surface area contributed by atoms with E-state index in [2.05, 4.69) is 15.5 Å². The van der Waals surface area contributed by atoms with Crippen molar-refractivity contribution < 1.29 is 9.18 Å². The molecular weight excluding hydrogens is 293 g/mol. The van der Waals surface area contributed by atoms with Gasteiger partial charge in [0.05, 0.1) is 12.3 Å². The summed E-state index contributed by atoms with van der Waals surface area (Å²) < 4.78 is 14.9. The van der Waals surface area contributed by atoms with Crippen molar-refractivity contribution in [2.45, 2.75) is 25.2 Å². The first-order valence-electron chi connectivity index (χ1n) is 6.44. The first kappa shape index (κ1) is 15.5. The molecule has 6 nitrogen and oxygen atoms in total. The third-order valence-electron chi connectivity index (χ3n) is 2.73. The highest BCUT2D eigenvalue weighted by atomic mass is 32.2. The number of hydrogen-bond acceptors (Lipinski definition) is 5. The number of anilines is 1. The monoisotopic (exact) mass is 309 g/mol. The Bertz CT molecular complexity index is 631. The Kier molecular flexibility index (Phi) is 5.29. The van der Waals surface area contributed by atoms with Gasteiger partial charge in [-0.05, 0) is 25.1 Å². The summed E-state index contributed by atoms with van der Waals surface area (Å²) in [5, 5.41) is 11.2. The predicted octanol–water partition coefficient (Wildman–Crippen LogP) is 1.63. The van der Waals surface area contributed by atoms with Crippen molar-refractivity contribution in [3.8, 4) is 0 Å². The second-order valence-corrected chi connectivity index (χ2v) is 5.14. The summed E-state index contributed by atoms with van der Waals surface area (Å²) in [7, 11) is 0. The Labute approximate surface area is 125 Å². The van der Waals surface area contributed by atoms with Crippen molar-refractivity contribution in [3.05, 3.63) is 35.9 Å². The summed E-state index contributed by atoms with van der Waals surface area (Å²) in [6.07, 6.45) is 0. The second-order valence-electron chi connectivity index (χ2n) is 4.19. The Morgan fingerprint density at radius 3 is 2.95 bits per heavy atom. The molecule has 1 heterocycles. The molecule has 3 N–H and O–H groups in total. The van der Waals surface area contributed by atoms with Crippen LogP contribution in [0.2, 0.25) is 0 Å². The molecule has 0 saturated carbocycles.